The third-order valence-corrected chi connectivity index (χ3v) is 7.37. The minimum absolute atomic E-state index is 0.0549. The van der Waals surface area contributed by atoms with Gasteiger partial charge in [-0.05, 0) is 36.1 Å². The summed E-state index contributed by atoms with van der Waals surface area (Å²) in [6.45, 7) is 1.64. The zero-order valence-corrected chi connectivity index (χ0v) is 23.8. The van der Waals surface area contributed by atoms with Crippen molar-refractivity contribution >= 4 is 34.6 Å². The van der Waals surface area contributed by atoms with E-state index in [-0.39, 0.29) is 31.8 Å². The van der Waals surface area contributed by atoms with Crippen molar-refractivity contribution in [3.05, 3.63) is 108 Å². The van der Waals surface area contributed by atoms with Gasteiger partial charge in [0.25, 0.3) is 0 Å². The van der Waals surface area contributed by atoms with Crippen LogP contribution in [0.1, 0.15) is 23.6 Å². The summed E-state index contributed by atoms with van der Waals surface area (Å²) in [7, 11) is 0. The molecule has 3 amide bonds. The number of carbonyl (C=O) groups is 4. The predicted octanol–water partition coefficient (Wildman–Crippen LogP) is 3.21. The molecule has 10 heteroatoms. The molecule has 3 aromatic carbocycles. The number of ketones is 1. The number of rotatable bonds is 13. The number of fused-ring (bicyclic) bond motifs is 1. The average Bonchev–Trinajstić information content (AvgIpc) is 3.66. The number of hydrogen-bond donors (Lipinski definition) is 4. The van der Waals surface area contributed by atoms with Crippen molar-refractivity contribution in [2.45, 2.75) is 44.1 Å². The molecule has 4 aromatic rings. The van der Waals surface area contributed by atoms with Crippen molar-refractivity contribution in [3.8, 4) is 0 Å². The molecule has 1 aliphatic heterocycles. The SMILES string of the molecule is CC1(C(=O)C(Cc2ccccc2)NC(=O)[C@H](Cc2c[nH]c3ccccc23)NC(=O)CNC(=O)OCc2ccccc2)CO1. The highest BCUT2D eigenvalue weighted by Gasteiger charge is 2.50. The van der Waals surface area contributed by atoms with Gasteiger partial charge in [-0.3, -0.25) is 14.4 Å². The maximum atomic E-state index is 13.7. The van der Waals surface area contributed by atoms with Gasteiger partial charge in [-0.25, -0.2) is 4.79 Å². The molecular weight excluding hydrogens is 548 g/mol. The van der Waals surface area contributed by atoms with E-state index in [0.717, 1.165) is 27.6 Å². The second kappa shape index (κ2) is 13.3. The summed E-state index contributed by atoms with van der Waals surface area (Å²) in [6, 6.07) is 24.3. The van der Waals surface area contributed by atoms with Gasteiger partial charge in [0.05, 0.1) is 12.6 Å². The molecule has 0 saturated carbocycles. The number of amides is 3. The minimum atomic E-state index is -1.03. The van der Waals surface area contributed by atoms with Gasteiger partial charge in [-0.15, -0.1) is 0 Å². The van der Waals surface area contributed by atoms with Crippen molar-refractivity contribution in [1.82, 2.24) is 20.9 Å². The van der Waals surface area contributed by atoms with E-state index in [4.69, 9.17) is 9.47 Å². The molecule has 0 bridgehead atoms. The lowest BCUT2D eigenvalue weighted by Gasteiger charge is -2.24. The Morgan fingerprint density at radius 1 is 0.860 bits per heavy atom. The third kappa shape index (κ3) is 7.87. The van der Waals surface area contributed by atoms with E-state index in [9.17, 15) is 19.2 Å². The lowest BCUT2D eigenvalue weighted by Crippen LogP contribution is -2.55. The molecule has 10 nitrogen and oxygen atoms in total. The van der Waals surface area contributed by atoms with Gasteiger partial charge >= 0.3 is 6.09 Å². The van der Waals surface area contributed by atoms with Crippen molar-refractivity contribution < 1.29 is 28.7 Å². The maximum Gasteiger partial charge on any atom is 0.407 e. The van der Waals surface area contributed by atoms with Crippen LogP contribution in [0.5, 0.6) is 0 Å². The lowest BCUT2D eigenvalue weighted by atomic mass is 9.94. The quantitative estimate of drug-likeness (QED) is 0.178. The Hall–Kier alpha value is -4.96. The van der Waals surface area contributed by atoms with E-state index >= 15 is 0 Å². The van der Waals surface area contributed by atoms with Crippen molar-refractivity contribution in [2.75, 3.05) is 13.2 Å². The van der Waals surface area contributed by atoms with Crippen LogP contribution in [0.3, 0.4) is 0 Å². The summed E-state index contributed by atoms with van der Waals surface area (Å²) in [5.41, 5.74) is 2.44. The number of carbonyl (C=O) groups excluding carboxylic acids is 4. The van der Waals surface area contributed by atoms with E-state index in [1.807, 2.05) is 84.9 Å². The van der Waals surface area contributed by atoms with Gasteiger partial charge in [0, 0.05) is 23.5 Å². The molecule has 0 radical (unpaired) electrons. The van der Waals surface area contributed by atoms with Crippen LogP contribution in [0.15, 0.2) is 91.1 Å². The van der Waals surface area contributed by atoms with Gasteiger partial charge in [0.15, 0.2) is 5.78 Å². The Kier molecular flexibility index (Phi) is 9.17. The number of H-pyrrole nitrogens is 1. The van der Waals surface area contributed by atoms with Crippen LogP contribution < -0.4 is 16.0 Å². The monoisotopic (exact) mass is 582 g/mol. The topological polar surface area (TPSA) is 142 Å². The molecule has 4 N–H and O–H groups in total. The van der Waals surface area contributed by atoms with E-state index in [0.29, 0.717) is 0 Å². The molecule has 1 fully saturated rings. The Balaban J connectivity index is 1.28. The molecular formula is C33H34N4O6. The van der Waals surface area contributed by atoms with Crippen molar-refractivity contribution in [1.29, 1.82) is 0 Å². The summed E-state index contributed by atoms with van der Waals surface area (Å²) in [6.07, 6.45) is 1.46. The third-order valence-electron chi connectivity index (χ3n) is 7.37. The first kappa shape index (κ1) is 29.5. The average molecular weight is 583 g/mol. The number of Topliss-reactive ketones (excluding diaryl/α,β-unsaturated/α-hetero) is 1. The van der Waals surface area contributed by atoms with Crippen LogP contribution in [0.4, 0.5) is 4.79 Å². The van der Waals surface area contributed by atoms with Crippen LogP contribution in [0, 0.1) is 0 Å². The summed E-state index contributed by atoms with van der Waals surface area (Å²) in [5, 5.41) is 8.94. The summed E-state index contributed by atoms with van der Waals surface area (Å²) in [5.74, 6) is -1.34. The highest BCUT2D eigenvalue weighted by molar-refractivity contribution is 5.98. The Morgan fingerprint density at radius 2 is 1.51 bits per heavy atom. The molecule has 0 spiro atoms. The minimum Gasteiger partial charge on any atom is -0.445 e. The van der Waals surface area contributed by atoms with Gasteiger partial charge < -0.3 is 30.4 Å². The van der Waals surface area contributed by atoms with Gasteiger partial charge in [0.1, 0.15) is 24.8 Å². The zero-order chi connectivity index (χ0) is 30.2. The number of benzene rings is 3. The molecule has 2 heterocycles. The first-order valence-corrected chi connectivity index (χ1v) is 14.1. The van der Waals surface area contributed by atoms with E-state index in [2.05, 4.69) is 20.9 Å². The summed E-state index contributed by atoms with van der Waals surface area (Å²) < 4.78 is 10.6. The molecule has 43 heavy (non-hydrogen) atoms. The highest BCUT2D eigenvalue weighted by Crippen LogP contribution is 2.29. The fourth-order valence-electron chi connectivity index (χ4n) is 4.85. The molecule has 1 saturated heterocycles. The summed E-state index contributed by atoms with van der Waals surface area (Å²) >= 11 is 0. The standard InChI is InChI=1S/C33H34N4O6/c1-33(21-43-33)30(39)27(16-22-10-4-2-5-11-22)37-31(40)28(17-24-18-34-26-15-9-8-14-25(24)26)36-29(38)19-35-32(41)42-20-23-12-6-3-7-13-23/h2-15,18,27-28,34H,16-17,19-21H2,1H3,(H,35,41)(H,36,38)(H,37,40)/t27?,28-,33?/m0/s1. The van der Waals surface area contributed by atoms with E-state index in [1.165, 1.54) is 0 Å². The normalized spacial score (nSPS) is 17.0. The number of aromatic amines is 1. The number of para-hydroxylation sites is 1. The predicted molar refractivity (Wildman–Crippen MR) is 160 cm³/mol. The van der Waals surface area contributed by atoms with Crippen molar-refractivity contribution in [2.24, 2.45) is 0 Å². The Morgan fingerprint density at radius 3 is 2.21 bits per heavy atom. The van der Waals surface area contributed by atoms with Gasteiger partial charge in [-0.1, -0.05) is 78.9 Å². The first-order valence-electron chi connectivity index (χ1n) is 14.1. The molecule has 0 aliphatic carbocycles. The lowest BCUT2D eigenvalue weighted by molar-refractivity contribution is -0.132. The number of ether oxygens (including phenoxy) is 2. The second-order valence-electron chi connectivity index (χ2n) is 10.7. The number of hydrogen-bond acceptors (Lipinski definition) is 6. The zero-order valence-electron chi connectivity index (χ0n) is 23.8. The van der Waals surface area contributed by atoms with Crippen LogP contribution in [0.25, 0.3) is 10.9 Å². The van der Waals surface area contributed by atoms with E-state index < -0.39 is 42.1 Å². The summed E-state index contributed by atoms with van der Waals surface area (Å²) in [4.78, 5) is 55.4. The van der Waals surface area contributed by atoms with Crippen LogP contribution in [-0.2, 0) is 43.3 Å². The largest absolute Gasteiger partial charge is 0.445 e. The number of epoxide rings is 1. The molecule has 1 aromatic heterocycles. The van der Waals surface area contributed by atoms with E-state index in [1.54, 1.807) is 13.1 Å². The maximum absolute atomic E-state index is 13.7. The van der Waals surface area contributed by atoms with Crippen LogP contribution in [0.2, 0.25) is 0 Å². The molecule has 1 aliphatic rings. The van der Waals surface area contributed by atoms with Crippen LogP contribution >= 0.6 is 0 Å². The smallest absolute Gasteiger partial charge is 0.407 e. The fourth-order valence-corrected chi connectivity index (χ4v) is 4.85. The molecule has 3 atom stereocenters. The van der Waals surface area contributed by atoms with Crippen LogP contribution in [-0.4, -0.2) is 59.5 Å². The number of nitrogens with one attached hydrogen (secondary N) is 4. The number of aromatic nitrogens is 1. The molecule has 222 valence electrons. The highest BCUT2D eigenvalue weighted by atomic mass is 16.6. The van der Waals surface area contributed by atoms with Crippen molar-refractivity contribution in [3.63, 3.8) is 0 Å². The Bertz CT molecular complexity index is 1580. The number of alkyl carbamates (subject to hydrolysis) is 1. The molecule has 2 unspecified atom stereocenters. The first-order chi connectivity index (χ1) is 20.8. The fraction of sp³-hybridized carbons (Fsp3) is 0.273. The molecule has 5 rings (SSSR count). The van der Waals surface area contributed by atoms with Gasteiger partial charge in [-0.2, -0.15) is 0 Å². The Labute approximate surface area is 249 Å². The second-order valence-corrected chi connectivity index (χ2v) is 10.7. The van der Waals surface area contributed by atoms with Gasteiger partial charge in [0.2, 0.25) is 11.8 Å².